The van der Waals surface area contributed by atoms with Crippen molar-refractivity contribution in [3.8, 4) is 0 Å². The Morgan fingerprint density at radius 2 is 1.72 bits per heavy atom. The van der Waals surface area contributed by atoms with Gasteiger partial charge in [-0.25, -0.2) is 0 Å². The summed E-state index contributed by atoms with van der Waals surface area (Å²) in [6, 6.07) is 12.1. The first-order valence-corrected chi connectivity index (χ1v) is 12.4. The minimum atomic E-state index is -4.95. The maximum atomic E-state index is 13.3. The number of hydrogen-bond acceptors (Lipinski definition) is 5. The van der Waals surface area contributed by atoms with Gasteiger partial charge in [-0.3, -0.25) is 4.79 Å². The molecule has 2 bridgehead atoms. The average Bonchev–Trinajstić information content (AvgIpc) is 3.53. The quantitative estimate of drug-likeness (QED) is 0.374. The number of nitrogens with zero attached hydrogens (tertiary/aromatic N) is 1. The number of rotatable bonds is 7. The molecule has 3 heterocycles. The molecule has 208 valence electrons. The van der Waals surface area contributed by atoms with Gasteiger partial charge in [0, 0.05) is 12.1 Å². The van der Waals surface area contributed by atoms with E-state index in [0.29, 0.717) is 37.1 Å². The van der Waals surface area contributed by atoms with Crippen LogP contribution in [0.3, 0.4) is 0 Å². The molecule has 2 aliphatic rings. The molecule has 2 aliphatic heterocycles. The highest BCUT2D eigenvalue weighted by molar-refractivity contribution is 5.80. The number of nitrogens with one attached hydrogen (secondary N) is 2. The van der Waals surface area contributed by atoms with Crippen molar-refractivity contribution in [1.82, 2.24) is 15.8 Å². The summed E-state index contributed by atoms with van der Waals surface area (Å²) in [5.74, 6) is -0.627. The summed E-state index contributed by atoms with van der Waals surface area (Å²) in [7, 11) is 0. The van der Waals surface area contributed by atoms with Gasteiger partial charge in [0.25, 0.3) is 0 Å². The van der Waals surface area contributed by atoms with Crippen LogP contribution in [0, 0.1) is 5.92 Å². The topological polar surface area (TPSA) is 76.4 Å². The van der Waals surface area contributed by atoms with Crippen LogP contribution in [0.25, 0.3) is 0 Å². The van der Waals surface area contributed by atoms with Crippen LogP contribution in [0.4, 0.5) is 26.3 Å². The Morgan fingerprint density at radius 3 is 2.33 bits per heavy atom. The van der Waals surface area contributed by atoms with Crippen molar-refractivity contribution in [3.05, 3.63) is 88.8 Å². The number of amides is 1. The highest BCUT2D eigenvalue weighted by Gasteiger charge is 2.56. The van der Waals surface area contributed by atoms with Crippen LogP contribution in [0.15, 0.2) is 65.4 Å². The zero-order valence-corrected chi connectivity index (χ0v) is 20.5. The highest BCUT2D eigenvalue weighted by atomic mass is 19.4. The Morgan fingerprint density at radius 1 is 1.03 bits per heavy atom. The molecule has 4 atom stereocenters. The number of hydrogen-bond donors (Lipinski definition) is 2. The molecule has 5 rings (SSSR count). The second-order valence-electron chi connectivity index (χ2n) is 9.90. The van der Waals surface area contributed by atoms with Crippen molar-refractivity contribution in [1.29, 1.82) is 0 Å². The lowest BCUT2D eigenvalue weighted by atomic mass is 9.80. The number of aromatic nitrogens is 1. The van der Waals surface area contributed by atoms with Crippen LogP contribution in [0.5, 0.6) is 0 Å². The van der Waals surface area contributed by atoms with Crippen molar-refractivity contribution in [2.24, 2.45) is 5.92 Å². The Kier molecular flexibility index (Phi) is 7.19. The van der Waals surface area contributed by atoms with Crippen molar-refractivity contribution in [3.63, 3.8) is 0 Å². The maximum absolute atomic E-state index is 13.3. The minimum Gasteiger partial charge on any atom is -0.371 e. The summed E-state index contributed by atoms with van der Waals surface area (Å²) in [4.78, 5) is 13.1. The number of ether oxygens (including phenoxy) is 1. The van der Waals surface area contributed by atoms with Crippen LogP contribution in [0.2, 0.25) is 0 Å². The third-order valence-corrected chi connectivity index (χ3v) is 7.42. The number of halogens is 6. The first kappa shape index (κ1) is 27.2. The number of alkyl halides is 6. The molecule has 2 aromatic carbocycles. The molecule has 0 spiro atoms. The Labute approximate surface area is 219 Å². The summed E-state index contributed by atoms with van der Waals surface area (Å²) in [6.45, 7) is -0.268. The van der Waals surface area contributed by atoms with Crippen molar-refractivity contribution in [2.75, 3.05) is 0 Å². The van der Waals surface area contributed by atoms with Gasteiger partial charge >= 0.3 is 12.4 Å². The summed E-state index contributed by atoms with van der Waals surface area (Å²) in [5, 5.41) is 10.2. The van der Waals surface area contributed by atoms with Gasteiger partial charge < -0.3 is 19.9 Å². The molecule has 4 unspecified atom stereocenters. The highest BCUT2D eigenvalue weighted by Crippen LogP contribution is 2.48. The molecule has 2 saturated heterocycles. The summed E-state index contributed by atoms with van der Waals surface area (Å²) < 4.78 is 90.9. The van der Waals surface area contributed by atoms with Crippen LogP contribution in [-0.4, -0.2) is 23.2 Å². The third-order valence-electron chi connectivity index (χ3n) is 7.42. The lowest BCUT2D eigenvalue weighted by Gasteiger charge is -2.42. The van der Waals surface area contributed by atoms with Gasteiger partial charge in [0.15, 0.2) is 0 Å². The smallest absolute Gasteiger partial charge is 0.371 e. The Hall–Kier alpha value is -3.38. The van der Waals surface area contributed by atoms with E-state index in [4.69, 9.17) is 9.26 Å². The van der Waals surface area contributed by atoms with E-state index in [2.05, 4.69) is 15.8 Å². The zero-order valence-electron chi connectivity index (χ0n) is 20.5. The summed E-state index contributed by atoms with van der Waals surface area (Å²) >= 11 is 0. The molecule has 0 radical (unpaired) electrons. The normalized spacial score (nSPS) is 25.0. The lowest BCUT2D eigenvalue weighted by Crippen LogP contribution is -2.54. The monoisotopic (exact) mass is 553 g/mol. The molecule has 39 heavy (non-hydrogen) atoms. The standard InChI is InChI=1S/C27H25F6N3O3/c28-26(29,30)18-10-16(11-19(12-18)27(31,32)33)15-38-23-7-6-22-21(24(37)34-14-20-8-9-39-36-20)13-25(23,35-22)17-4-2-1-3-5-17/h1-5,8-12,21-23,35H,6-7,13-15H2,(H,34,37). The van der Waals surface area contributed by atoms with E-state index in [1.807, 2.05) is 30.3 Å². The molecular weight excluding hydrogens is 528 g/mol. The second-order valence-corrected chi connectivity index (χ2v) is 9.90. The first-order valence-electron chi connectivity index (χ1n) is 12.4. The van der Waals surface area contributed by atoms with Gasteiger partial charge in [-0.05, 0) is 48.6 Å². The zero-order chi connectivity index (χ0) is 27.8. The molecule has 2 fully saturated rings. The van der Waals surface area contributed by atoms with Gasteiger partial charge in [-0.2, -0.15) is 26.3 Å². The van der Waals surface area contributed by atoms with E-state index in [9.17, 15) is 31.1 Å². The van der Waals surface area contributed by atoms with E-state index in [0.717, 1.165) is 5.56 Å². The van der Waals surface area contributed by atoms with Gasteiger partial charge in [-0.1, -0.05) is 35.5 Å². The molecule has 12 heteroatoms. The molecule has 0 saturated carbocycles. The van der Waals surface area contributed by atoms with E-state index in [1.54, 1.807) is 6.07 Å². The maximum Gasteiger partial charge on any atom is 0.416 e. The second kappa shape index (κ2) is 10.3. The lowest BCUT2D eigenvalue weighted by molar-refractivity contribution is -0.143. The molecule has 2 N–H and O–H groups in total. The van der Waals surface area contributed by atoms with Gasteiger partial charge in [0.2, 0.25) is 5.91 Å². The van der Waals surface area contributed by atoms with Crippen molar-refractivity contribution in [2.45, 2.75) is 62.5 Å². The van der Waals surface area contributed by atoms with Gasteiger partial charge in [-0.15, -0.1) is 0 Å². The van der Waals surface area contributed by atoms with Crippen LogP contribution < -0.4 is 10.6 Å². The fraction of sp³-hybridized carbons (Fsp3) is 0.407. The molecule has 1 amide bonds. The van der Waals surface area contributed by atoms with Crippen LogP contribution >= 0.6 is 0 Å². The SMILES string of the molecule is O=C(NCc1ccon1)C1CC2(c3ccccc3)NC1CCC2OCc1cc(C(F)(F)F)cc(C(F)(F)F)c1. The predicted octanol–water partition coefficient (Wildman–Crippen LogP) is 5.58. The molecular formula is C27H25F6N3O3. The molecule has 1 aromatic heterocycles. The predicted molar refractivity (Wildman–Crippen MR) is 126 cm³/mol. The van der Waals surface area contributed by atoms with Crippen molar-refractivity contribution < 1.29 is 40.4 Å². The minimum absolute atomic E-state index is 0.0982. The fourth-order valence-electron chi connectivity index (χ4n) is 5.62. The molecule has 0 aliphatic carbocycles. The van der Waals surface area contributed by atoms with E-state index in [-0.39, 0.29) is 30.1 Å². The van der Waals surface area contributed by atoms with Gasteiger partial charge in [0.1, 0.15) is 12.0 Å². The number of carbonyl (C=O) groups excluding carboxylic acids is 1. The third kappa shape index (κ3) is 5.67. The average molecular weight is 554 g/mol. The Bertz CT molecular complexity index is 1260. The van der Waals surface area contributed by atoms with E-state index in [1.165, 1.54) is 6.26 Å². The molecule has 6 nitrogen and oxygen atoms in total. The van der Waals surface area contributed by atoms with E-state index >= 15 is 0 Å². The van der Waals surface area contributed by atoms with Crippen molar-refractivity contribution >= 4 is 5.91 Å². The molecule has 3 aromatic rings. The van der Waals surface area contributed by atoms with E-state index < -0.39 is 47.6 Å². The van der Waals surface area contributed by atoms with Crippen LogP contribution in [0.1, 0.15) is 47.2 Å². The fourth-order valence-corrected chi connectivity index (χ4v) is 5.62. The van der Waals surface area contributed by atoms with Crippen LogP contribution in [-0.2, 0) is 40.6 Å². The van der Waals surface area contributed by atoms with Gasteiger partial charge in [0.05, 0.1) is 41.8 Å². The number of carbonyl (C=O) groups is 1. The summed E-state index contributed by atoms with van der Waals surface area (Å²) in [6.07, 6.45) is -7.75. The largest absolute Gasteiger partial charge is 0.416 e. The number of benzene rings is 2. The first-order chi connectivity index (χ1) is 18.5. The Balaban J connectivity index is 1.39. The number of fused-ring (bicyclic) bond motifs is 2. The number of piperidine rings is 1. The summed E-state index contributed by atoms with van der Waals surface area (Å²) in [5.41, 5.74) is -2.47.